The average molecular weight is 355 g/mol. The summed E-state index contributed by atoms with van der Waals surface area (Å²) in [6.07, 6.45) is 2.11. The molecule has 0 radical (unpaired) electrons. The van der Waals surface area contributed by atoms with Crippen LogP contribution in [0.25, 0.3) is 28.0 Å². The van der Waals surface area contributed by atoms with E-state index in [2.05, 4.69) is 90.0 Å². The number of hydrogen-bond donors (Lipinski definition) is 0. The molecule has 27 heavy (non-hydrogen) atoms. The standard InChI is InChI=1S/C24H25N3/c1-3-26(4-2)18-22-24(25-23-12-8-9-17-27(22)23)21-15-13-20(14-16-21)19-10-6-5-7-11-19/h5-17H,3-4,18H2,1-2H3. The van der Waals surface area contributed by atoms with Crippen molar-refractivity contribution in [3.63, 3.8) is 0 Å². The molecule has 2 aromatic carbocycles. The minimum absolute atomic E-state index is 0.897. The largest absolute Gasteiger partial charge is 0.302 e. The Morgan fingerprint density at radius 2 is 1.37 bits per heavy atom. The summed E-state index contributed by atoms with van der Waals surface area (Å²) in [6, 6.07) is 25.5. The lowest BCUT2D eigenvalue weighted by Crippen LogP contribution is -2.23. The Morgan fingerprint density at radius 3 is 2.07 bits per heavy atom. The molecule has 0 amide bonds. The van der Waals surface area contributed by atoms with E-state index in [0.717, 1.165) is 31.0 Å². The van der Waals surface area contributed by atoms with Crippen molar-refractivity contribution in [1.82, 2.24) is 14.3 Å². The maximum absolute atomic E-state index is 4.94. The predicted octanol–water partition coefficient (Wildman–Crippen LogP) is 5.51. The fourth-order valence-electron chi connectivity index (χ4n) is 3.54. The number of pyridine rings is 1. The molecule has 0 aliphatic carbocycles. The summed E-state index contributed by atoms with van der Waals surface area (Å²) < 4.78 is 2.22. The third kappa shape index (κ3) is 3.51. The van der Waals surface area contributed by atoms with Gasteiger partial charge in [-0.2, -0.15) is 0 Å². The molecule has 0 unspecified atom stereocenters. The molecule has 4 aromatic rings. The van der Waals surface area contributed by atoms with E-state index in [1.807, 2.05) is 12.1 Å². The zero-order chi connectivity index (χ0) is 18.6. The summed E-state index contributed by atoms with van der Waals surface area (Å²) in [7, 11) is 0. The molecule has 3 nitrogen and oxygen atoms in total. The monoisotopic (exact) mass is 355 g/mol. The van der Waals surface area contributed by atoms with Gasteiger partial charge in [0.1, 0.15) is 5.65 Å². The average Bonchev–Trinajstić information content (AvgIpc) is 3.11. The van der Waals surface area contributed by atoms with Gasteiger partial charge in [-0.3, -0.25) is 4.90 Å². The molecule has 4 rings (SSSR count). The van der Waals surface area contributed by atoms with Crippen LogP contribution in [0.3, 0.4) is 0 Å². The minimum atomic E-state index is 0.897. The maximum atomic E-state index is 4.94. The van der Waals surface area contributed by atoms with Gasteiger partial charge in [-0.25, -0.2) is 4.98 Å². The van der Waals surface area contributed by atoms with E-state index in [1.165, 1.54) is 22.4 Å². The number of nitrogens with zero attached hydrogens (tertiary/aromatic N) is 3. The quantitative estimate of drug-likeness (QED) is 0.454. The van der Waals surface area contributed by atoms with Crippen LogP contribution in [-0.4, -0.2) is 27.4 Å². The molecule has 0 N–H and O–H groups in total. The highest BCUT2D eigenvalue weighted by atomic mass is 15.1. The molecule has 136 valence electrons. The molecule has 0 saturated carbocycles. The third-order valence-electron chi connectivity index (χ3n) is 5.16. The number of hydrogen-bond acceptors (Lipinski definition) is 2. The summed E-state index contributed by atoms with van der Waals surface area (Å²) >= 11 is 0. The van der Waals surface area contributed by atoms with Crippen molar-refractivity contribution in [2.45, 2.75) is 20.4 Å². The van der Waals surface area contributed by atoms with Crippen molar-refractivity contribution in [1.29, 1.82) is 0 Å². The number of rotatable bonds is 6. The second-order valence-corrected chi connectivity index (χ2v) is 6.74. The van der Waals surface area contributed by atoms with Crippen LogP contribution < -0.4 is 0 Å². The number of benzene rings is 2. The van der Waals surface area contributed by atoms with Crippen LogP contribution in [0, 0.1) is 0 Å². The van der Waals surface area contributed by atoms with Crippen molar-refractivity contribution < 1.29 is 0 Å². The van der Waals surface area contributed by atoms with Gasteiger partial charge in [0.25, 0.3) is 0 Å². The van der Waals surface area contributed by atoms with Crippen LogP contribution in [0.5, 0.6) is 0 Å². The van der Waals surface area contributed by atoms with Gasteiger partial charge in [-0.05, 0) is 36.3 Å². The van der Waals surface area contributed by atoms with Gasteiger partial charge < -0.3 is 4.40 Å². The molecule has 0 saturated heterocycles. The highest BCUT2D eigenvalue weighted by Crippen LogP contribution is 2.28. The van der Waals surface area contributed by atoms with Gasteiger partial charge >= 0.3 is 0 Å². The first-order chi connectivity index (χ1) is 13.3. The van der Waals surface area contributed by atoms with E-state index in [9.17, 15) is 0 Å². The first-order valence-corrected chi connectivity index (χ1v) is 9.64. The van der Waals surface area contributed by atoms with Gasteiger partial charge in [0.15, 0.2) is 0 Å². The van der Waals surface area contributed by atoms with Gasteiger partial charge in [0.05, 0.1) is 11.4 Å². The van der Waals surface area contributed by atoms with Crippen LogP contribution >= 0.6 is 0 Å². The topological polar surface area (TPSA) is 20.5 Å². The van der Waals surface area contributed by atoms with E-state index in [1.54, 1.807) is 0 Å². The highest BCUT2D eigenvalue weighted by molar-refractivity contribution is 5.71. The number of aromatic nitrogens is 2. The fraction of sp³-hybridized carbons (Fsp3) is 0.208. The molecule has 0 atom stereocenters. The molecule has 2 heterocycles. The molecular weight excluding hydrogens is 330 g/mol. The second kappa shape index (κ2) is 7.77. The van der Waals surface area contributed by atoms with Crippen molar-refractivity contribution in [2.75, 3.05) is 13.1 Å². The highest BCUT2D eigenvalue weighted by Gasteiger charge is 2.16. The van der Waals surface area contributed by atoms with Crippen molar-refractivity contribution in [2.24, 2.45) is 0 Å². The fourth-order valence-corrected chi connectivity index (χ4v) is 3.54. The molecule has 3 heteroatoms. The zero-order valence-corrected chi connectivity index (χ0v) is 16.0. The molecule has 0 fully saturated rings. The van der Waals surface area contributed by atoms with Gasteiger partial charge in [0, 0.05) is 18.3 Å². The van der Waals surface area contributed by atoms with Crippen molar-refractivity contribution in [3.8, 4) is 22.4 Å². The van der Waals surface area contributed by atoms with Gasteiger partial charge in [0.2, 0.25) is 0 Å². The lowest BCUT2D eigenvalue weighted by molar-refractivity contribution is 0.292. The number of fused-ring (bicyclic) bond motifs is 1. The Labute approximate surface area is 160 Å². The Bertz CT molecular complexity index is 1010. The predicted molar refractivity (Wildman–Crippen MR) is 113 cm³/mol. The third-order valence-corrected chi connectivity index (χ3v) is 5.16. The van der Waals surface area contributed by atoms with Gasteiger partial charge in [-0.1, -0.05) is 74.5 Å². The number of imidazole rings is 1. The lowest BCUT2D eigenvalue weighted by Gasteiger charge is -2.18. The van der Waals surface area contributed by atoms with Crippen LogP contribution in [0.15, 0.2) is 79.0 Å². The molecule has 0 aliphatic heterocycles. The molecular formula is C24H25N3. The molecule has 0 bridgehead atoms. The molecule has 0 spiro atoms. The van der Waals surface area contributed by atoms with Crippen LogP contribution in [-0.2, 0) is 6.54 Å². The summed E-state index contributed by atoms with van der Waals surface area (Å²) in [5.41, 5.74) is 6.97. The Kier molecular flexibility index (Phi) is 5.03. The van der Waals surface area contributed by atoms with Gasteiger partial charge in [-0.15, -0.1) is 0 Å². The first-order valence-electron chi connectivity index (χ1n) is 9.64. The Balaban J connectivity index is 1.76. The summed E-state index contributed by atoms with van der Waals surface area (Å²) in [5, 5.41) is 0. The van der Waals surface area contributed by atoms with E-state index < -0.39 is 0 Å². The summed E-state index contributed by atoms with van der Waals surface area (Å²) in [4.78, 5) is 7.37. The normalized spacial score (nSPS) is 11.4. The second-order valence-electron chi connectivity index (χ2n) is 6.74. The van der Waals surface area contributed by atoms with E-state index >= 15 is 0 Å². The molecule has 0 aliphatic rings. The Hall–Kier alpha value is -2.91. The van der Waals surface area contributed by atoms with Crippen molar-refractivity contribution >= 4 is 5.65 Å². The van der Waals surface area contributed by atoms with Crippen LogP contribution in [0.4, 0.5) is 0 Å². The van der Waals surface area contributed by atoms with E-state index in [4.69, 9.17) is 4.98 Å². The maximum Gasteiger partial charge on any atom is 0.137 e. The smallest absolute Gasteiger partial charge is 0.137 e. The first kappa shape index (κ1) is 17.5. The SMILES string of the molecule is CCN(CC)Cc1c(-c2ccc(-c3ccccc3)cc2)nc2ccccn12. The Morgan fingerprint density at radius 1 is 0.741 bits per heavy atom. The lowest BCUT2D eigenvalue weighted by atomic mass is 10.0. The van der Waals surface area contributed by atoms with Crippen LogP contribution in [0.2, 0.25) is 0 Å². The van der Waals surface area contributed by atoms with Crippen molar-refractivity contribution in [3.05, 3.63) is 84.7 Å². The van der Waals surface area contributed by atoms with Crippen LogP contribution in [0.1, 0.15) is 19.5 Å². The van der Waals surface area contributed by atoms with E-state index in [0.29, 0.717) is 0 Å². The zero-order valence-electron chi connectivity index (χ0n) is 16.0. The summed E-state index contributed by atoms with van der Waals surface area (Å²) in [5.74, 6) is 0. The minimum Gasteiger partial charge on any atom is -0.302 e. The summed E-state index contributed by atoms with van der Waals surface area (Å²) in [6.45, 7) is 7.38. The molecule has 2 aromatic heterocycles. The van der Waals surface area contributed by atoms with E-state index in [-0.39, 0.29) is 0 Å².